The molecule has 0 amide bonds. The Labute approximate surface area is 89.8 Å². The Morgan fingerprint density at radius 1 is 1.64 bits per heavy atom. The second-order valence-electron chi connectivity index (χ2n) is 4.18. The largest absolute Gasteiger partial charge is 0.461 e. The maximum atomic E-state index is 5.72. The van der Waals surface area contributed by atoms with E-state index in [1.54, 1.807) is 0 Å². The van der Waals surface area contributed by atoms with Crippen LogP contribution in [0.25, 0.3) is 6.08 Å². The van der Waals surface area contributed by atoms with E-state index in [2.05, 4.69) is 13.0 Å². The molecule has 1 nitrogen and oxygen atoms in total. The van der Waals surface area contributed by atoms with Gasteiger partial charge in [-0.2, -0.15) is 0 Å². The van der Waals surface area contributed by atoms with E-state index in [0.717, 1.165) is 23.0 Å². The molecule has 1 aliphatic rings. The summed E-state index contributed by atoms with van der Waals surface area (Å²) in [5, 5.41) is 0. The Kier molecular flexibility index (Phi) is 2.69. The van der Waals surface area contributed by atoms with Crippen LogP contribution in [0.5, 0.6) is 0 Å². The minimum atomic E-state index is 0.565. The average molecular weight is 211 g/mol. The van der Waals surface area contributed by atoms with Gasteiger partial charge in [-0.3, -0.25) is 0 Å². The monoisotopic (exact) mass is 210 g/mol. The average Bonchev–Trinajstić information content (AvgIpc) is 2.73. The number of allylic oxidation sites excluding steroid dienone is 1. The van der Waals surface area contributed by atoms with Gasteiger partial charge in [-0.1, -0.05) is 12.5 Å². The maximum absolute atomic E-state index is 5.72. The second kappa shape index (κ2) is 3.82. The molecule has 0 aliphatic heterocycles. The molecule has 14 heavy (non-hydrogen) atoms. The lowest BCUT2D eigenvalue weighted by Crippen LogP contribution is -1.76. The summed E-state index contributed by atoms with van der Waals surface area (Å²) in [4.78, 5) is 0. The second-order valence-corrected chi connectivity index (χ2v) is 4.45. The predicted molar refractivity (Wildman–Crippen MR) is 59.6 cm³/mol. The molecule has 76 valence electrons. The van der Waals surface area contributed by atoms with E-state index in [1.165, 1.54) is 6.42 Å². The highest BCUT2D eigenvalue weighted by Crippen LogP contribution is 2.47. The van der Waals surface area contributed by atoms with E-state index in [0.29, 0.717) is 11.8 Å². The van der Waals surface area contributed by atoms with Crippen LogP contribution in [0, 0.1) is 5.92 Å². The van der Waals surface area contributed by atoms with Gasteiger partial charge < -0.3 is 4.42 Å². The summed E-state index contributed by atoms with van der Waals surface area (Å²) in [7, 11) is 0. The van der Waals surface area contributed by atoms with Crippen LogP contribution in [0.2, 0.25) is 0 Å². The van der Waals surface area contributed by atoms with E-state index in [1.807, 2.05) is 19.1 Å². The number of halogens is 1. The Morgan fingerprint density at radius 3 is 2.93 bits per heavy atom. The molecule has 1 fully saturated rings. The third-order valence-corrected chi connectivity index (χ3v) is 3.14. The molecule has 0 N–H and O–H groups in total. The fraction of sp³-hybridized carbons (Fsp3) is 0.500. The van der Waals surface area contributed by atoms with Crippen molar-refractivity contribution < 1.29 is 4.42 Å². The van der Waals surface area contributed by atoms with Gasteiger partial charge in [0.2, 0.25) is 0 Å². The molecule has 1 aromatic rings. The summed E-state index contributed by atoms with van der Waals surface area (Å²) in [6, 6.07) is 4.11. The Bertz CT molecular complexity index is 351. The van der Waals surface area contributed by atoms with Crippen molar-refractivity contribution in [2.75, 3.05) is 5.88 Å². The van der Waals surface area contributed by atoms with Crippen LogP contribution >= 0.6 is 11.6 Å². The summed E-state index contributed by atoms with van der Waals surface area (Å²) in [6.45, 7) is 4.27. The molecule has 1 aliphatic carbocycles. The van der Waals surface area contributed by atoms with Crippen molar-refractivity contribution in [1.82, 2.24) is 0 Å². The van der Waals surface area contributed by atoms with Gasteiger partial charge in [0.15, 0.2) is 0 Å². The van der Waals surface area contributed by atoms with Crippen LogP contribution < -0.4 is 0 Å². The van der Waals surface area contributed by atoms with Gasteiger partial charge in [0.1, 0.15) is 11.5 Å². The first kappa shape index (κ1) is 9.85. The van der Waals surface area contributed by atoms with Crippen molar-refractivity contribution in [3.8, 4) is 0 Å². The van der Waals surface area contributed by atoms with E-state index in [9.17, 15) is 0 Å². The van der Waals surface area contributed by atoms with Gasteiger partial charge in [0, 0.05) is 11.8 Å². The quantitative estimate of drug-likeness (QED) is 0.687. The van der Waals surface area contributed by atoms with Crippen LogP contribution in [-0.2, 0) is 0 Å². The molecule has 0 bridgehead atoms. The van der Waals surface area contributed by atoms with Crippen molar-refractivity contribution >= 4 is 17.7 Å². The van der Waals surface area contributed by atoms with Gasteiger partial charge in [-0.05, 0) is 37.5 Å². The normalized spacial score (nSPS) is 26.6. The molecule has 0 spiro atoms. The molecule has 0 radical (unpaired) electrons. The lowest BCUT2D eigenvalue weighted by atomic mass is 10.2. The number of alkyl halides is 1. The third kappa shape index (κ3) is 2.03. The van der Waals surface area contributed by atoms with Crippen molar-refractivity contribution in [2.45, 2.75) is 26.2 Å². The van der Waals surface area contributed by atoms with Crippen LogP contribution in [0.1, 0.15) is 37.7 Å². The van der Waals surface area contributed by atoms with Crippen molar-refractivity contribution in [3.05, 3.63) is 29.2 Å². The minimum Gasteiger partial charge on any atom is -0.461 e. The predicted octanol–water partition coefficient (Wildman–Crippen LogP) is 4.05. The highest BCUT2D eigenvalue weighted by Gasteiger charge is 2.36. The molecular weight excluding hydrogens is 196 g/mol. The van der Waals surface area contributed by atoms with Gasteiger partial charge in [0.05, 0.1) is 0 Å². The third-order valence-electron chi connectivity index (χ3n) is 2.72. The first-order valence-electron chi connectivity index (χ1n) is 5.03. The molecule has 1 saturated carbocycles. The highest BCUT2D eigenvalue weighted by molar-refractivity contribution is 6.19. The van der Waals surface area contributed by atoms with Gasteiger partial charge in [0.25, 0.3) is 0 Å². The smallest absolute Gasteiger partial charge is 0.127 e. The van der Waals surface area contributed by atoms with E-state index < -0.39 is 0 Å². The summed E-state index contributed by atoms with van der Waals surface area (Å²) < 4.78 is 5.72. The van der Waals surface area contributed by atoms with Gasteiger partial charge in [-0.15, -0.1) is 11.6 Å². The first-order chi connectivity index (χ1) is 6.70. The summed E-state index contributed by atoms with van der Waals surface area (Å²) in [5.74, 6) is 4.08. The summed E-state index contributed by atoms with van der Waals surface area (Å²) in [5.41, 5.74) is 1.14. The van der Waals surface area contributed by atoms with Crippen LogP contribution in [-0.4, -0.2) is 5.88 Å². The lowest BCUT2D eigenvalue weighted by molar-refractivity contribution is 0.497. The molecule has 0 saturated heterocycles. The summed E-state index contributed by atoms with van der Waals surface area (Å²) >= 11 is 5.70. The first-order valence-corrected chi connectivity index (χ1v) is 5.57. The molecule has 2 heteroatoms. The van der Waals surface area contributed by atoms with Crippen LogP contribution in [0.15, 0.2) is 22.1 Å². The van der Waals surface area contributed by atoms with Crippen LogP contribution in [0.4, 0.5) is 0 Å². The number of furan rings is 1. The molecule has 2 unspecified atom stereocenters. The Hall–Kier alpha value is -0.690. The Balaban J connectivity index is 2.10. The number of hydrogen-bond acceptors (Lipinski definition) is 1. The SMILES string of the molecule is CC(=Cc1ccc(C2CC2C)o1)CCl. The topological polar surface area (TPSA) is 13.1 Å². The van der Waals surface area contributed by atoms with Crippen molar-refractivity contribution in [2.24, 2.45) is 5.92 Å². The van der Waals surface area contributed by atoms with E-state index in [4.69, 9.17) is 16.0 Å². The Morgan fingerprint density at radius 2 is 2.36 bits per heavy atom. The number of hydrogen-bond donors (Lipinski definition) is 0. The molecule has 2 rings (SSSR count). The summed E-state index contributed by atoms with van der Waals surface area (Å²) in [6.07, 6.45) is 3.27. The standard InChI is InChI=1S/C12H15ClO/c1-8(7-13)5-10-3-4-12(14-10)11-6-9(11)2/h3-5,9,11H,6-7H2,1-2H3. The highest BCUT2D eigenvalue weighted by atomic mass is 35.5. The molecule has 1 aromatic heterocycles. The molecular formula is C12H15ClO. The molecule has 0 aromatic carbocycles. The van der Waals surface area contributed by atoms with E-state index in [-0.39, 0.29) is 0 Å². The lowest BCUT2D eigenvalue weighted by Gasteiger charge is -1.92. The minimum absolute atomic E-state index is 0.565. The zero-order valence-corrected chi connectivity index (χ0v) is 9.34. The van der Waals surface area contributed by atoms with Crippen molar-refractivity contribution in [3.63, 3.8) is 0 Å². The maximum Gasteiger partial charge on any atom is 0.127 e. The van der Waals surface area contributed by atoms with E-state index >= 15 is 0 Å². The van der Waals surface area contributed by atoms with Gasteiger partial charge >= 0.3 is 0 Å². The van der Waals surface area contributed by atoms with Crippen LogP contribution in [0.3, 0.4) is 0 Å². The zero-order valence-electron chi connectivity index (χ0n) is 8.59. The molecule has 2 atom stereocenters. The zero-order chi connectivity index (χ0) is 10.1. The number of rotatable bonds is 3. The fourth-order valence-corrected chi connectivity index (χ4v) is 1.72. The molecule has 1 heterocycles. The van der Waals surface area contributed by atoms with Crippen molar-refractivity contribution in [1.29, 1.82) is 0 Å². The fourth-order valence-electron chi connectivity index (χ4n) is 1.65. The van der Waals surface area contributed by atoms with Gasteiger partial charge in [-0.25, -0.2) is 0 Å².